The van der Waals surface area contributed by atoms with Crippen LogP contribution in [0.2, 0.25) is 10.0 Å². The average Bonchev–Trinajstić information content (AvgIpc) is 2.60. The van der Waals surface area contributed by atoms with Gasteiger partial charge in [-0.05, 0) is 30.0 Å². The highest BCUT2D eigenvalue weighted by Gasteiger charge is 2.14. The number of methoxy groups -OCH3 is 1. The normalized spacial score (nSPS) is 12.0. The molecular formula is C19H21Cl2NO3. The number of carboxylic acid groups (broad SMARTS) is 1. The van der Waals surface area contributed by atoms with Gasteiger partial charge in [-0.3, -0.25) is 4.79 Å². The molecule has 2 aromatic carbocycles. The number of rotatable bonds is 9. The van der Waals surface area contributed by atoms with Crippen molar-refractivity contribution in [3.8, 4) is 5.75 Å². The van der Waals surface area contributed by atoms with Crippen LogP contribution in [0, 0.1) is 0 Å². The highest BCUT2D eigenvalue weighted by Crippen LogP contribution is 2.31. The average molecular weight is 382 g/mol. The fourth-order valence-electron chi connectivity index (χ4n) is 2.59. The predicted molar refractivity (Wildman–Crippen MR) is 101 cm³/mol. The Morgan fingerprint density at radius 2 is 1.92 bits per heavy atom. The van der Waals surface area contributed by atoms with E-state index in [-0.39, 0.29) is 12.5 Å². The first-order valence-electron chi connectivity index (χ1n) is 8.00. The molecule has 0 fully saturated rings. The molecule has 0 aliphatic heterocycles. The van der Waals surface area contributed by atoms with E-state index in [2.05, 4.69) is 5.32 Å². The molecule has 134 valence electrons. The number of hydrogen-bond acceptors (Lipinski definition) is 3. The summed E-state index contributed by atoms with van der Waals surface area (Å²) in [5.74, 6) is -0.271. The Labute approximate surface area is 157 Å². The van der Waals surface area contributed by atoms with Crippen LogP contribution in [0.1, 0.15) is 24.0 Å². The largest absolute Gasteiger partial charge is 0.495 e. The molecule has 1 unspecified atom stereocenters. The van der Waals surface area contributed by atoms with Gasteiger partial charge in [-0.2, -0.15) is 0 Å². The van der Waals surface area contributed by atoms with Gasteiger partial charge in [0.1, 0.15) is 5.75 Å². The van der Waals surface area contributed by atoms with Gasteiger partial charge in [0.2, 0.25) is 0 Å². The molecule has 0 aliphatic rings. The van der Waals surface area contributed by atoms with Gasteiger partial charge >= 0.3 is 5.97 Å². The van der Waals surface area contributed by atoms with E-state index in [0.717, 1.165) is 17.5 Å². The van der Waals surface area contributed by atoms with Crippen LogP contribution in [0.25, 0.3) is 0 Å². The summed E-state index contributed by atoms with van der Waals surface area (Å²) in [6.07, 6.45) is 1.39. The van der Waals surface area contributed by atoms with Gasteiger partial charge in [0.15, 0.2) is 0 Å². The number of halogens is 2. The first kappa shape index (κ1) is 19.6. The van der Waals surface area contributed by atoms with Crippen molar-refractivity contribution in [1.29, 1.82) is 0 Å². The molecule has 1 atom stereocenters. The standard InChI is InChI=1S/C19H21Cl2NO3/c1-25-18-11-16(20)14(10-17(18)21)12-22-15(7-8-19(23)24)9-13-5-3-2-4-6-13/h2-6,10-11,15,22H,7-9,12H2,1H3,(H,23,24). The third-order valence-electron chi connectivity index (χ3n) is 3.93. The third-order valence-corrected chi connectivity index (χ3v) is 4.58. The van der Waals surface area contributed by atoms with E-state index < -0.39 is 5.97 Å². The second-order valence-electron chi connectivity index (χ2n) is 5.78. The van der Waals surface area contributed by atoms with Gasteiger partial charge in [-0.15, -0.1) is 0 Å². The summed E-state index contributed by atoms with van der Waals surface area (Å²) in [6, 6.07) is 13.5. The lowest BCUT2D eigenvalue weighted by atomic mass is 10.0. The van der Waals surface area contributed by atoms with Crippen LogP contribution >= 0.6 is 23.2 Å². The molecule has 6 heteroatoms. The van der Waals surface area contributed by atoms with Crippen LogP contribution in [0.4, 0.5) is 0 Å². The highest BCUT2D eigenvalue weighted by atomic mass is 35.5. The molecular weight excluding hydrogens is 361 g/mol. The Morgan fingerprint density at radius 3 is 2.56 bits per heavy atom. The molecule has 2 rings (SSSR count). The smallest absolute Gasteiger partial charge is 0.303 e. The lowest BCUT2D eigenvalue weighted by Crippen LogP contribution is -2.31. The van der Waals surface area contributed by atoms with Crippen molar-refractivity contribution in [2.45, 2.75) is 31.8 Å². The van der Waals surface area contributed by atoms with E-state index in [1.165, 1.54) is 7.11 Å². The van der Waals surface area contributed by atoms with Crippen molar-refractivity contribution in [2.24, 2.45) is 0 Å². The van der Waals surface area contributed by atoms with Crippen LogP contribution in [0.5, 0.6) is 5.75 Å². The number of carboxylic acids is 1. The van der Waals surface area contributed by atoms with Crippen molar-refractivity contribution in [3.63, 3.8) is 0 Å². The van der Waals surface area contributed by atoms with Gasteiger partial charge in [0.25, 0.3) is 0 Å². The van der Waals surface area contributed by atoms with Crippen LogP contribution < -0.4 is 10.1 Å². The Bertz CT molecular complexity index is 707. The predicted octanol–water partition coefficient (Wildman–Crippen LogP) is 4.57. The second-order valence-corrected chi connectivity index (χ2v) is 6.59. The molecule has 0 saturated carbocycles. The lowest BCUT2D eigenvalue weighted by molar-refractivity contribution is -0.137. The first-order valence-corrected chi connectivity index (χ1v) is 8.76. The molecule has 0 heterocycles. The van der Waals surface area contributed by atoms with Gasteiger partial charge in [-0.1, -0.05) is 53.5 Å². The van der Waals surface area contributed by atoms with E-state index in [1.54, 1.807) is 12.1 Å². The second kappa shape index (κ2) is 9.66. The number of hydrogen-bond donors (Lipinski definition) is 2. The van der Waals surface area contributed by atoms with E-state index in [9.17, 15) is 4.79 Å². The fraction of sp³-hybridized carbons (Fsp3) is 0.316. The summed E-state index contributed by atoms with van der Waals surface area (Å²) in [4.78, 5) is 10.9. The van der Waals surface area contributed by atoms with Crippen molar-refractivity contribution < 1.29 is 14.6 Å². The number of aliphatic carboxylic acids is 1. The van der Waals surface area contributed by atoms with Gasteiger partial charge in [0, 0.05) is 30.1 Å². The van der Waals surface area contributed by atoms with Crippen molar-refractivity contribution in [2.75, 3.05) is 7.11 Å². The summed E-state index contributed by atoms with van der Waals surface area (Å²) in [5, 5.41) is 13.4. The van der Waals surface area contributed by atoms with Crippen LogP contribution in [-0.4, -0.2) is 24.2 Å². The van der Waals surface area contributed by atoms with E-state index in [0.29, 0.717) is 28.8 Å². The fourth-order valence-corrected chi connectivity index (χ4v) is 3.07. The molecule has 25 heavy (non-hydrogen) atoms. The topological polar surface area (TPSA) is 58.6 Å². The molecule has 2 N–H and O–H groups in total. The maximum atomic E-state index is 10.9. The minimum Gasteiger partial charge on any atom is -0.495 e. The van der Waals surface area contributed by atoms with Crippen LogP contribution in [0.15, 0.2) is 42.5 Å². The molecule has 4 nitrogen and oxygen atoms in total. The quantitative estimate of drug-likeness (QED) is 0.667. The van der Waals surface area contributed by atoms with E-state index >= 15 is 0 Å². The molecule has 0 radical (unpaired) electrons. The summed E-state index contributed by atoms with van der Waals surface area (Å²) in [5.41, 5.74) is 2.00. The maximum absolute atomic E-state index is 10.9. The Morgan fingerprint density at radius 1 is 1.20 bits per heavy atom. The molecule has 0 bridgehead atoms. The third kappa shape index (κ3) is 6.24. The minimum absolute atomic E-state index is 0.0236. The maximum Gasteiger partial charge on any atom is 0.303 e. The lowest BCUT2D eigenvalue weighted by Gasteiger charge is -2.19. The van der Waals surface area contributed by atoms with Crippen molar-refractivity contribution in [1.82, 2.24) is 5.32 Å². The Hall–Kier alpha value is -1.75. The summed E-state index contributed by atoms with van der Waals surface area (Å²) >= 11 is 12.4. The minimum atomic E-state index is -0.801. The van der Waals surface area contributed by atoms with E-state index in [4.69, 9.17) is 33.0 Å². The highest BCUT2D eigenvalue weighted by molar-refractivity contribution is 6.34. The molecule has 0 amide bonds. The zero-order chi connectivity index (χ0) is 18.2. The summed E-state index contributed by atoms with van der Waals surface area (Å²) < 4.78 is 5.15. The molecule has 0 saturated heterocycles. The van der Waals surface area contributed by atoms with E-state index in [1.807, 2.05) is 30.3 Å². The monoisotopic (exact) mass is 381 g/mol. The number of nitrogens with one attached hydrogen (secondary N) is 1. The van der Waals surface area contributed by atoms with Crippen molar-refractivity contribution in [3.05, 3.63) is 63.6 Å². The van der Waals surface area contributed by atoms with Gasteiger partial charge < -0.3 is 15.2 Å². The number of benzene rings is 2. The summed E-state index contributed by atoms with van der Waals surface area (Å²) in [6.45, 7) is 0.500. The molecule has 0 aliphatic carbocycles. The van der Waals surface area contributed by atoms with Crippen LogP contribution in [-0.2, 0) is 17.8 Å². The first-order chi connectivity index (χ1) is 12.0. The Balaban J connectivity index is 2.05. The number of ether oxygens (including phenoxy) is 1. The van der Waals surface area contributed by atoms with Crippen LogP contribution in [0.3, 0.4) is 0 Å². The van der Waals surface area contributed by atoms with Gasteiger partial charge in [0.05, 0.1) is 12.1 Å². The zero-order valence-corrected chi connectivity index (χ0v) is 15.5. The summed E-state index contributed by atoms with van der Waals surface area (Å²) in [7, 11) is 1.54. The number of carbonyl (C=O) groups is 1. The SMILES string of the molecule is COc1cc(Cl)c(CNC(CCC(=O)O)Cc2ccccc2)cc1Cl. The molecule has 0 spiro atoms. The van der Waals surface area contributed by atoms with Gasteiger partial charge in [-0.25, -0.2) is 0 Å². The zero-order valence-electron chi connectivity index (χ0n) is 14.0. The molecule has 0 aromatic heterocycles. The van der Waals surface area contributed by atoms with Crippen molar-refractivity contribution >= 4 is 29.2 Å². The molecule has 2 aromatic rings. The Kier molecular flexibility index (Phi) is 7.56.